The van der Waals surface area contributed by atoms with Crippen LogP contribution in [-0.2, 0) is 0 Å². The Morgan fingerprint density at radius 3 is 2.39 bits per heavy atom. The maximum atomic E-state index is 13.6. The Labute approximate surface area is 161 Å². The number of aromatic nitrogens is 1. The molecular weight excluding hydrogens is 364 g/mol. The Kier molecular flexibility index (Phi) is 5.84. The van der Waals surface area contributed by atoms with Gasteiger partial charge < -0.3 is 15.4 Å². The molecule has 0 atom stereocenters. The third kappa shape index (κ3) is 5.03. The van der Waals surface area contributed by atoms with Gasteiger partial charge in [0.1, 0.15) is 23.2 Å². The first-order chi connectivity index (χ1) is 13.4. The van der Waals surface area contributed by atoms with Crippen LogP contribution < -0.4 is 15.4 Å². The lowest BCUT2D eigenvalue weighted by Gasteiger charge is -2.11. The highest BCUT2D eigenvalue weighted by atomic mass is 19.1. The van der Waals surface area contributed by atoms with E-state index in [-0.39, 0.29) is 17.4 Å². The number of amides is 1. The number of carbonyl (C=O) groups is 1. The molecule has 28 heavy (non-hydrogen) atoms. The number of carbonyl (C=O) groups excluding carboxylic acids is 1. The van der Waals surface area contributed by atoms with Crippen LogP contribution in [0, 0.1) is 11.6 Å². The average molecular weight is 383 g/mol. The summed E-state index contributed by atoms with van der Waals surface area (Å²) in [5.74, 6) is -0.781. The number of nitrogens with one attached hydrogen (secondary N) is 2. The second-order valence-electron chi connectivity index (χ2n) is 6.33. The molecule has 0 aliphatic rings. The lowest BCUT2D eigenvalue weighted by atomic mass is 10.2. The van der Waals surface area contributed by atoms with Gasteiger partial charge in [0.25, 0.3) is 5.91 Å². The van der Waals surface area contributed by atoms with E-state index in [0.29, 0.717) is 11.9 Å². The molecule has 7 heteroatoms. The Morgan fingerprint density at radius 2 is 1.79 bits per heavy atom. The van der Waals surface area contributed by atoms with E-state index in [9.17, 15) is 13.6 Å². The monoisotopic (exact) mass is 383 g/mol. The Hall–Kier alpha value is -3.48. The molecule has 0 radical (unpaired) electrons. The lowest BCUT2D eigenvalue weighted by molar-refractivity contribution is 0.102. The summed E-state index contributed by atoms with van der Waals surface area (Å²) in [4.78, 5) is 16.4. The molecule has 0 fully saturated rings. The zero-order chi connectivity index (χ0) is 20.1. The molecule has 144 valence electrons. The normalized spacial score (nSPS) is 10.6. The van der Waals surface area contributed by atoms with E-state index in [4.69, 9.17) is 4.74 Å². The second kappa shape index (κ2) is 8.47. The van der Waals surface area contributed by atoms with Gasteiger partial charge in [-0.2, -0.15) is 0 Å². The maximum absolute atomic E-state index is 13.6. The Bertz CT molecular complexity index is 958. The minimum atomic E-state index is -0.843. The maximum Gasteiger partial charge on any atom is 0.257 e. The summed E-state index contributed by atoms with van der Waals surface area (Å²) in [6, 6.07) is 13.5. The molecule has 0 saturated carbocycles. The third-order valence-electron chi connectivity index (χ3n) is 3.70. The average Bonchev–Trinajstić information content (AvgIpc) is 2.66. The van der Waals surface area contributed by atoms with E-state index in [2.05, 4.69) is 15.6 Å². The van der Waals surface area contributed by atoms with Crippen LogP contribution in [0.3, 0.4) is 0 Å². The highest BCUT2D eigenvalue weighted by Gasteiger charge is 2.11. The van der Waals surface area contributed by atoms with Crippen molar-refractivity contribution in [2.24, 2.45) is 0 Å². The van der Waals surface area contributed by atoms with Gasteiger partial charge in [-0.1, -0.05) is 0 Å². The van der Waals surface area contributed by atoms with Crippen molar-refractivity contribution in [1.29, 1.82) is 0 Å². The first-order valence-electron chi connectivity index (χ1n) is 8.67. The number of hydrogen-bond donors (Lipinski definition) is 2. The molecule has 1 aromatic heterocycles. The van der Waals surface area contributed by atoms with Crippen molar-refractivity contribution in [3.63, 3.8) is 0 Å². The summed E-state index contributed by atoms with van der Waals surface area (Å²) in [7, 11) is 0. The quantitative estimate of drug-likeness (QED) is 0.618. The summed E-state index contributed by atoms with van der Waals surface area (Å²) >= 11 is 0. The fourth-order valence-electron chi connectivity index (χ4n) is 2.42. The molecule has 0 aliphatic heterocycles. The highest BCUT2D eigenvalue weighted by molar-refractivity contribution is 6.04. The molecule has 5 nitrogen and oxygen atoms in total. The number of hydrogen-bond acceptors (Lipinski definition) is 4. The van der Waals surface area contributed by atoms with Gasteiger partial charge in [-0.05, 0) is 62.4 Å². The summed E-state index contributed by atoms with van der Waals surface area (Å²) in [5, 5.41) is 5.51. The molecule has 1 heterocycles. The number of rotatable bonds is 6. The van der Waals surface area contributed by atoms with Crippen LogP contribution >= 0.6 is 0 Å². The van der Waals surface area contributed by atoms with Crippen molar-refractivity contribution in [3.05, 3.63) is 78.0 Å². The van der Waals surface area contributed by atoms with Gasteiger partial charge in [0.05, 0.1) is 17.4 Å². The van der Waals surface area contributed by atoms with Crippen LogP contribution in [0.2, 0.25) is 0 Å². The minimum absolute atomic E-state index is 0.0996. The SMILES string of the molecule is CC(C)Oc1ccc(Nc2ccc(C(=O)Nc3ccc(F)cc3F)cn2)cc1. The van der Waals surface area contributed by atoms with Crippen molar-refractivity contribution in [1.82, 2.24) is 4.98 Å². The van der Waals surface area contributed by atoms with Crippen molar-refractivity contribution in [3.8, 4) is 5.75 Å². The first kappa shape index (κ1) is 19.3. The summed E-state index contributed by atoms with van der Waals surface area (Å²) < 4.78 is 32.2. The van der Waals surface area contributed by atoms with Gasteiger partial charge in [0.2, 0.25) is 0 Å². The molecular formula is C21H19F2N3O2. The summed E-state index contributed by atoms with van der Waals surface area (Å²) in [6.45, 7) is 3.91. The summed E-state index contributed by atoms with van der Waals surface area (Å²) in [5.41, 5.74) is 0.960. The van der Waals surface area contributed by atoms with Crippen molar-refractivity contribution in [2.45, 2.75) is 20.0 Å². The van der Waals surface area contributed by atoms with Gasteiger partial charge in [-0.25, -0.2) is 13.8 Å². The van der Waals surface area contributed by atoms with Crippen LogP contribution in [0.1, 0.15) is 24.2 Å². The van der Waals surface area contributed by atoms with Gasteiger partial charge in [0, 0.05) is 18.0 Å². The van der Waals surface area contributed by atoms with Crippen LogP contribution in [-0.4, -0.2) is 17.0 Å². The van der Waals surface area contributed by atoms with Gasteiger partial charge in [-0.3, -0.25) is 4.79 Å². The van der Waals surface area contributed by atoms with E-state index in [1.165, 1.54) is 12.3 Å². The van der Waals surface area contributed by atoms with Gasteiger partial charge in [-0.15, -0.1) is 0 Å². The molecule has 0 unspecified atom stereocenters. The topological polar surface area (TPSA) is 63.2 Å². The van der Waals surface area contributed by atoms with E-state index >= 15 is 0 Å². The molecule has 2 N–H and O–H groups in total. The number of pyridine rings is 1. The van der Waals surface area contributed by atoms with Crippen LogP contribution in [0.4, 0.5) is 26.0 Å². The minimum Gasteiger partial charge on any atom is -0.491 e. The van der Waals surface area contributed by atoms with E-state index < -0.39 is 17.5 Å². The van der Waals surface area contributed by atoms with Crippen molar-refractivity contribution >= 4 is 23.1 Å². The standard InChI is InChI=1S/C21H19F2N3O2/c1-13(2)28-17-7-5-16(6-8-17)25-20-10-3-14(12-24-20)21(27)26-19-9-4-15(22)11-18(19)23/h3-13H,1-2H3,(H,24,25)(H,26,27). The van der Waals surface area contributed by atoms with Crippen LogP contribution in [0.5, 0.6) is 5.75 Å². The van der Waals surface area contributed by atoms with Gasteiger partial charge in [0.15, 0.2) is 0 Å². The van der Waals surface area contributed by atoms with Crippen LogP contribution in [0.25, 0.3) is 0 Å². The van der Waals surface area contributed by atoms with Crippen molar-refractivity contribution < 1.29 is 18.3 Å². The molecule has 0 spiro atoms. The zero-order valence-electron chi connectivity index (χ0n) is 15.4. The Morgan fingerprint density at radius 1 is 1.04 bits per heavy atom. The Balaban J connectivity index is 1.63. The first-order valence-corrected chi connectivity index (χ1v) is 8.67. The second-order valence-corrected chi connectivity index (χ2v) is 6.33. The molecule has 3 rings (SSSR count). The number of ether oxygens (including phenoxy) is 1. The summed E-state index contributed by atoms with van der Waals surface area (Å²) in [6.07, 6.45) is 1.47. The molecule has 0 bridgehead atoms. The molecule has 0 saturated heterocycles. The fraction of sp³-hybridized carbons (Fsp3) is 0.143. The number of benzene rings is 2. The smallest absolute Gasteiger partial charge is 0.257 e. The number of nitrogens with zero attached hydrogens (tertiary/aromatic N) is 1. The predicted octanol–water partition coefficient (Wildman–Crippen LogP) is 5.14. The molecule has 3 aromatic rings. The molecule has 1 amide bonds. The zero-order valence-corrected chi connectivity index (χ0v) is 15.4. The number of halogens is 2. The van der Waals surface area contributed by atoms with E-state index in [1.807, 2.05) is 38.1 Å². The predicted molar refractivity (Wildman–Crippen MR) is 104 cm³/mol. The lowest BCUT2D eigenvalue weighted by Crippen LogP contribution is -2.13. The largest absolute Gasteiger partial charge is 0.491 e. The van der Waals surface area contributed by atoms with Crippen LogP contribution in [0.15, 0.2) is 60.8 Å². The number of anilines is 3. The van der Waals surface area contributed by atoms with Gasteiger partial charge >= 0.3 is 0 Å². The highest BCUT2D eigenvalue weighted by Crippen LogP contribution is 2.20. The third-order valence-corrected chi connectivity index (χ3v) is 3.70. The van der Waals surface area contributed by atoms with E-state index in [1.54, 1.807) is 12.1 Å². The molecule has 0 aliphatic carbocycles. The van der Waals surface area contributed by atoms with E-state index in [0.717, 1.165) is 17.5 Å². The van der Waals surface area contributed by atoms with Crippen molar-refractivity contribution in [2.75, 3.05) is 10.6 Å². The molecule has 2 aromatic carbocycles. The fourth-order valence-corrected chi connectivity index (χ4v) is 2.42.